The van der Waals surface area contributed by atoms with Crippen LogP contribution in [-0.4, -0.2) is 41.5 Å². The zero-order chi connectivity index (χ0) is 21.5. The number of carbonyl (C=O) groups excluding carboxylic acids is 2. The van der Waals surface area contributed by atoms with Crippen LogP contribution < -0.4 is 0 Å². The molecule has 0 N–H and O–H groups in total. The fourth-order valence-electron chi connectivity index (χ4n) is 3.82. The second-order valence-electron chi connectivity index (χ2n) is 7.55. The van der Waals surface area contributed by atoms with E-state index >= 15 is 0 Å². The second-order valence-corrected chi connectivity index (χ2v) is 7.55. The van der Waals surface area contributed by atoms with Gasteiger partial charge in [0.05, 0.1) is 36.1 Å². The first kappa shape index (κ1) is 21.3. The van der Waals surface area contributed by atoms with Crippen molar-refractivity contribution in [2.45, 2.75) is 39.0 Å². The maximum atomic E-state index is 13.1. The molecule has 7 nitrogen and oxygen atoms in total. The van der Waals surface area contributed by atoms with Crippen molar-refractivity contribution in [1.29, 1.82) is 10.5 Å². The van der Waals surface area contributed by atoms with E-state index in [1.54, 1.807) is 0 Å². The SMILES string of the molecule is C[C@@H]1CCc2nc3ccccc3c(C(=O)OCC(=O)N(CCC#N)CCC#N)c2C1. The summed E-state index contributed by atoms with van der Waals surface area (Å²) in [4.78, 5) is 31.7. The Kier molecular flexibility index (Phi) is 6.98. The molecule has 1 aromatic heterocycles. The number of esters is 1. The first-order valence-corrected chi connectivity index (χ1v) is 10.1. The fraction of sp³-hybridized carbons (Fsp3) is 0.435. The lowest BCUT2D eigenvalue weighted by Crippen LogP contribution is -2.36. The molecule has 1 amide bonds. The minimum Gasteiger partial charge on any atom is -0.452 e. The Labute approximate surface area is 175 Å². The Morgan fingerprint density at radius 2 is 1.90 bits per heavy atom. The van der Waals surface area contributed by atoms with Crippen LogP contribution in [0.4, 0.5) is 0 Å². The van der Waals surface area contributed by atoms with E-state index in [1.165, 1.54) is 4.90 Å². The summed E-state index contributed by atoms with van der Waals surface area (Å²) in [7, 11) is 0. The molecule has 0 aliphatic heterocycles. The van der Waals surface area contributed by atoms with Gasteiger partial charge in [0.15, 0.2) is 6.61 Å². The third kappa shape index (κ3) is 4.75. The highest BCUT2D eigenvalue weighted by molar-refractivity contribution is 6.05. The van der Waals surface area contributed by atoms with E-state index in [4.69, 9.17) is 20.2 Å². The zero-order valence-electron chi connectivity index (χ0n) is 17.1. The van der Waals surface area contributed by atoms with E-state index in [0.29, 0.717) is 11.5 Å². The number of carbonyl (C=O) groups is 2. The van der Waals surface area contributed by atoms with Crippen molar-refractivity contribution in [3.05, 3.63) is 41.1 Å². The number of amides is 1. The third-order valence-electron chi connectivity index (χ3n) is 5.38. The Hall–Kier alpha value is -3.45. The van der Waals surface area contributed by atoms with Gasteiger partial charge in [-0.05, 0) is 36.8 Å². The Bertz CT molecular complexity index is 1020. The summed E-state index contributed by atoms with van der Waals surface area (Å²) in [5.74, 6) is -0.497. The normalized spacial score (nSPS) is 15.0. The summed E-state index contributed by atoms with van der Waals surface area (Å²) in [6.07, 6.45) is 2.91. The molecule has 0 spiro atoms. The standard InChI is InChI=1S/C23H24N4O3/c1-16-8-9-20-18(14-16)22(17-6-2-3-7-19(17)26-20)23(29)30-15-21(28)27(12-4-10-24)13-5-11-25/h2-3,6-7,16H,4-5,8-9,12-15H2,1H3/t16-/m1/s1. The van der Waals surface area contributed by atoms with Crippen LogP contribution in [0.25, 0.3) is 10.9 Å². The van der Waals surface area contributed by atoms with E-state index in [0.717, 1.165) is 41.4 Å². The highest BCUT2D eigenvalue weighted by atomic mass is 16.5. The number of nitriles is 2. The number of aryl methyl sites for hydroxylation is 1. The fourth-order valence-corrected chi connectivity index (χ4v) is 3.82. The average Bonchev–Trinajstić information content (AvgIpc) is 2.75. The predicted octanol–water partition coefficient (Wildman–Crippen LogP) is 3.17. The number of fused-ring (bicyclic) bond motifs is 2. The molecule has 7 heteroatoms. The van der Waals surface area contributed by atoms with Crippen LogP contribution in [0.5, 0.6) is 0 Å². The minimum absolute atomic E-state index is 0.158. The largest absolute Gasteiger partial charge is 0.452 e. The van der Waals surface area contributed by atoms with Crippen LogP contribution in [0.3, 0.4) is 0 Å². The summed E-state index contributed by atoms with van der Waals surface area (Å²) in [5, 5.41) is 18.3. The molecule has 0 saturated carbocycles. The number of rotatable bonds is 7. The number of hydrogen-bond acceptors (Lipinski definition) is 6. The van der Waals surface area contributed by atoms with Gasteiger partial charge in [0.2, 0.25) is 0 Å². The lowest BCUT2D eigenvalue weighted by atomic mass is 9.84. The first-order chi connectivity index (χ1) is 14.5. The van der Waals surface area contributed by atoms with Gasteiger partial charge >= 0.3 is 5.97 Å². The molecule has 0 bridgehead atoms. The van der Waals surface area contributed by atoms with E-state index in [1.807, 2.05) is 36.4 Å². The topological polar surface area (TPSA) is 107 Å². The molecule has 1 aromatic carbocycles. The zero-order valence-corrected chi connectivity index (χ0v) is 17.1. The first-order valence-electron chi connectivity index (χ1n) is 10.1. The van der Waals surface area contributed by atoms with Gasteiger partial charge < -0.3 is 9.64 Å². The van der Waals surface area contributed by atoms with Gasteiger partial charge in [-0.3, -0.25) is 9.78 Å². The molecule has 3 rings (SSSR count). The van der Waals surface area contributed by atoms with Gasteiger partial charge in [-0.1, -0.05) is 25.1 Å². The van der Waals surface area contributed by atoms with Crippen molar-refractivity contribution in [2.24, 2.45) is 5.92 Å². The quantitative estimate of drug-likeness (QED) is 0.656. The monoisotopic (exact) mass is 404 g/mol. The van der Waals surface area contributed by atoms with Crippen molar-refractivity contribution < 1.29 is 14.3 Å². The number of benzene rings is 1. The smallest absolute Gasteiger partial charge is 0.339 e. The second kappa shape index (κ2) is 9.84. The predicted molar refractivity (Wildman–Crippen MR) is 110 cm³/mol. The van der Waals surface area contributed by atoms with E-state index < -0.39 is 18.5 Å². The van der Waals surface area contributed by atoms with E-state index in [9.17, 15) is 9.59 Å². The van der Waals surface area contributed by atoms with Gasteiger partial charge in [-0.15, -0.1) is 0 Å². The van der Waals surface area contributed by atoms with Crippen molar-refractivity contribution in [1.82, 2.24) is 9.88 Å². The molecule has 0 fully saturated rings. The summed E-state index contributed by atoms with van der Waals surface area (Å²) < 4.78 is 5.42. The molecule has 1 atom stereocenters. The van der Waals surface area contributed by atoms with Gasteiger partial charge in [0.1, 0.15) is 0 Å². The van der Waals surface area contributed by atoms with E-state index in [-0.39, 0.29) is 25.9 Å². The van der Waals surface area contributed by atoms with E-state index in [2.05, 4.69) is 6.92 Å². The van der Waals surface area contributed by atoms with Crippen LogP contribution in [-0.2, 0) is 22.4 Å². The highest BCUT2D eigenvalue weighted by Crippen LogP contribution is 2.32. The Morgan fingerprint density at radius 1 is 1.20 bits per heavy atom. The number of ether oxygens (including phenoxy) is 1. The van der Waals surface area contributed by atoms with Crippen LogP contribution in [0.2, 0.25) is 0 Å². The maximum absolute atomic E-state index is 13.1. The lowest BCUT2D eigenvalue weighted by molar-refractivity contribution is -0.134. The summed E-state index contributed by atoms with van der Waals surface area (Å²) in [6, 6.07) is 11.4. The molecule has 2 aromatic rings. The molecular weight excluding hydrogens is 380 g/mol. The van der Waals surface area contributed by atoms with Crippen molar-refractivity contribution in [2.75, 3.05) is 19.7 Å². The number of para-hydroxylation sites is 1. The van der Waals surface area contributed by atoms with Gasteiger partial charge in [-0.2, -0.15) is 10.5 Å². The lowest BCUT2D eigenvalue weighted by Gasteiger charge is -2.24. The van der Waals surface area contributed by atoms with Crippen LogP contribution in [0.15, 0.2) is 24.3 Å². The molecule has 154 valence electrons. The van der Waals surface area contributed by atoms with Crippen LogP contribution in [0.1, 0.15) is 47.8 Å². The molecule has 1 aliphatic carbocycles. The number of aromatic nitrogens is 1. The van der Waals surface area contributed by atoms with Gasteiger partial charge in [0, 0.05) is 24.2 Å². The number of hydrogen-bond donors (Lipinski definition) is 0. The number of pyridine rings is 1. The van der Waals surface area contributed by atoms with Gasteiger partial charge in [0.25, 0.3) is 5.91 Å². The summed E-state index contributed by atoms with van der Waals surface area (Å²) in [5.41, 5.74) is 3.08. The molecule has 0 radical (unpaired) electrons. The minimum atomic E-state index is -0.534. The molecular formula is C23H24N4O3. The van der Waals surface area contributed by atoms with Crippen molar-refractivity contribution in [3.8, 4) is 12.1 Å². The maximum Gasteiger partial charge on any atom is 0.339 e. The molecule has 1 aliphatic rings. The average molecular weight is 404 g/mol. The van der Waals surface area contributed by atoms with Crippen molar-refractivity contribution in [3.63, 3.8) is 0 Å². The summed E-state index contributed by atoms with van der Waals surface area (Å²) in [6.45, 7) is 2.15. The summed E-state index contributed by atoms with van der Waals surface area (Å²) >= 11 is 0. The Balaban J connectivity index is 1.83. The Morgan fingerprint density at radius 3 is 2.60 bits per heavy atom. The van der Waals surface area contributed by atoms with Crippen LogP contribution in [0, 0.1) is 28.6 Å². The van der Waals surface area contributed by atoms with Crippen LogP contribution >= 0.6 is 0 Å². The molecule has 0 unspecified atom stereocenters. The molecule has 1 heterocycles. The van der Waals surface area contributed by atoms with Crippen molar-refractivity contribution >= 4 is 22.8 Å². The number of nitrogens with zero attached hydrogens (tertiary/aromatic N) is 4. The molecule has 30 heavy (non-hydrogen) atoms. The third-order valence-corrected chi connectivity index (χ3v) is 5.38. The molecule has 0 saturated heterocycles. The van der Waals surface area contributed by atoms with Gasteiger partial charge in [-0.25, -0.2) is 4.79 Å². The highest BCUT2D eigenvalue weighted by Gasteiger charge is 2.27.